The molecule has 3 aliphatic rings. The minimum absolute atomic E-state index is 0.0240. The zero-order valence-corrected chi connectivity index (χ0v) is 10.7. The first-order valence-corrected chi connectivity index (χ1v) is 7.10. The van der Waals surface area contributed by atoms with Crippen molar-refractivity contribution in [3.05, 3.63) is 0 Å². The molecule has 2 aliphatic heterocycles. The lowest BCUT2D eigenvalue weighted by atomic mass is 9.74. The van der Waals surface area contributed by atoms with Crippen molar-refractivity contribution in [2.75, 3.05) is 19.8 Å². The van der Waals surface area contributed by atoms with Gasteiger partial charge in [0.1, 0.15) is 0 Å². The van der Waals surface area contributed by atoms with Crippen LogP contribution < -0.4 is 0 Å². The molecule has 1 aliphatic carbocycles. The van der Waals surface area contributed by atoms with Crippen LogP contribution in [0.15, 0.2) is 0 Å². The molecule has 3 fully saturated rings. The van der Waals surface area contributed by atoms with Crippen LogP contribution in [0.3, 0.4) is 0 Å². The summed E-state index contributed by atoms with van der Waals surface area (Å²) in [6.45, 7) is 4.74. The van der Waals surface area contributed by atoms with Crippen LogP contribution in [0.4, 0.5) is 0 Å². The van der Waals surface area contributed by atoms with Gasteiger partial charge in [-0.15, -0.1) is 0 Å². The highest BCUT2D eigenvalue weighted by molar-refractivity contribution is 4.95. The van der Waals surface area contributed by atoms with E-state index >= 15 is 0 Å². The zero-order chi connectivity index (χ0) is 11.9. The van der Waals surface area contributed by atoms with Gasteiger partial charge in [0, 0.05) is 19.6 Å². The van der Waals surface area contributed by atoms with Crippen molar-refractivity contribution in [3.63, 3.8) is 0 Å². The fraction of sp³-hybridized carbons (Fsp3) is 1.00. The highest BCUT2D eigenvalue weighted by Gasteiger charge is 2.45. The van der Waals surface area contributed by atoms with Gasteiger partial charge >= 0.3 is 0 Å². The fourth-order valence-electron chi connectivity index (χ4n) is 4.13. The third kappa shape index (κ3) is 2.13. The Morgan fingerprint density at radius 2 is 2.06 bits per heavy atom. The first kappa shape index (κ1) is 11.9. The van der Waals surface area contributed by atoms with Crippen molar-refractivity contribution in [3.8, 4) is 0 Å². The van der Waals surface area contributed by atoms with Crippen molar-refractivity contribution >= 4 is 0 Å². The minimum Gasteiger partial charge on any atom is -0.393 e. The van der Waals surface area contributed by atoms with Gasteiger partial charge in [0.05, 0.1) is 18.3 Å². The van der Waals surface area contributed by atoms with Gasteiger partial charge in [0.2, 0.25) is 0 Å². The summed E-state index contributed by atoms with van der Waals surface area (Å²) in [4.78, 5) is 0. The molecular weight excluding hydrogens is 216 g/mol. The Hall–Kier alpha value is -0.120. The van der Waals surface area contributed by atoms with E-state index in [0.717, 1.165) is 45.0 Å². The van der Waals surface area contributed by atoms with E-state index in [4.69, 9.17) is 9.47 Å². The third-order valence-corrected chi connectivity index (χ3v) is 5.28. The van der Waals surface area contributed by atoms with Crippen molar-refractivity contribution in [2.24, 2.45) is 17.8 Å². The summed E-state index contributed by atoms with van der Waals surface area (Å²) in [7, 11) is 0. The van der Waals surface area contributed by atoms with Crippen LogP contribution >= 0.6 is 0 Å². The SMILES string of the molecule is CC1C(O)CCC1C1CCOC2(CCOC2)C1. The number of rotatable bonds is 1. The van der Waals surface area contributed by atoms with Crippen LogP contribution in [0.5, 0.6) is 0 Å². The molecule has 1 spiro atoms. The molecule has 3 rings (SSSR count). The van der Waals surface area contributed by atoms with Crippen molar-refractivity contribution in [1.29, 1.82) is 0 Å². The minimum atomic E-state index is -0.0707. The second-order valence-electron chi connectivity index (χ2n) is 6.25. The van der Waals surface area contributed by atoms with Gasteiger partial charge in [-0.2, -0.15) is 0 Å². The first-order valence-electron chi connectivity index (χ1n) is 7.10. The molecule has 1 saturated carbocycles. The molecule has 5 unspecified atom stereocenters. The Bertz CT molecular complexity index is 273. The molecular formula is C14H24O3. The molecule has 0 aromatic heterocycles. The summed E-state index contributed by atoms with van der Waals surface area (Å²) in [5, 5.41) is 9.90. The van der Waals surface area contributed by atoms with Crippen LogP contribution in [0.1, 0.15) is 39.0 Å². The molecule has 2 saturated heterocycles. The lowest BCUT2D eigenvalue weighted by molar-refractivity contribution is -0.109. The highest BCUT2D eigenvalue weighted by atomic mass is 16.6. The average molecular weight is 240 g/mol. The molecule has 0 aromatic rings. The number of aliphatic hydroxyl groups excluding tert-OH is 1. The first-order chi connectivity index (χ1) is 8.20. The highest BCUT2D eigenvalue weighted by Crippen LogP contribution is 2.45. The molecule has 2 heterocycles. The summed E-state index contributed by atoms with van der Waals surface area (Å²) in [5.74, 6) is 1.90. The number of aliphatic hydroxyl groups is 1. The summed E-state index contributed by atoms with van der Waals surface area (Å²) in [5.41, 5.74) is 0.0240. The van der Waals surface area contributed by atoms with Crippen LogP contribution in [-0.2, 0) is 9.47 Å². The van der Waals surface area contributed by atoms with Crippen LogP contribution in [-0.4, -0.2) is 36.6 Å². The summed E-state index contributed by atoms with van der Waals surface area (Å²) >= 11 is 0. The van der Waals surface area contributed by atoms with Gasteiger partial charge in [0.15, 0.2) is 0 Å². The van der Waals surface area contributed by atoms with E-state index in [9.17, 15) is 5.11 Å². The normalized spacial score (nSPS) is 51.2. The van der Waals surface area contributed by atoms with Crippen LogP contribution in [0, 0.1) is 17.8 Å². The van der Waals surface area contributed by atoms with Gasteiger partial charge in [-0.25, -0.2) is 0 Å². The second kappa shape index (κ2) is 4.52. The Morgan fingerprint density at radius 1 is 1.18 bits per heavy atom. The maximum atomic E-state index is 9.90. The van der Waals surface area contributed by atoms with E-state index in [0.29, 0.717) is 11.8 Å². The van der Waals surface area contributed by atoms with E-state index in [1.54, 1.807) is 0 Å². The maximum Gasteiger partial charge on any atom is 0.0939 e. The predicted octanol–water partition coefficient (Wildman–Crippen LogP) is 1.98. The lowest BCUT2D eigenvalue weighted by Gasteiger charge is -2.40. The molecule has 3 nitrogen and oxygen atoms in total. The Kier molecular flexibility index (Phi) is 3.18. The molecule has 5 atom stereocenters. The standard InChI is InChI=1S/C14H24O3/c1-10-12(2-3-13(10)15)11-4-6-17-14(8-11)5-7-16-9-14/h10-13,15H,2-9H2,1H3. The molecule has 0 bridgehead atoms. The quantitative estimate of drug-likeness (QED) is 0.761. The summed E-state index contributed by atoms with van der Waals surface area (Å²) in [6, 6.07) is 0. The summed E-state index contributed by atoms with van der Waals surface area (Å²) in [6.07, 6.45) is 5.50. The van der Waals surface area contributed by atoms with Crippen molar-refractivity contribution < 1.29 is 14.6 Å². The maximum absolute atomic E-state index is 9.90. The van der Waals surface area contributed by atoms with Gasteiger partial charge in [-0.05, 0) is 43.4 Å². The molecule has 0 aromatic carbocycles. The molecule has 1 N–H and O–H groups in total. The Morgan fingerprint density at radius 3 is 2.71 bits per heavy atom. The van der Waals surface area contributed by atoms with Crippen LogP contribution in [0.25, 0.3) is 0 Å². The van der Waals surface area contributed by atoms with Crippen molar-refractivity contribution in [1.82, 2.24) is 0 Å². The zero-order valence-electron chi connectivity index (χ0n) is 10.7. The van der Waals surface area contributed by atoms with Gasteiger partial charge in [-0.1, -0.05) is 6.92 Å². The molecule has 3 heteroatoms. The molecule has 98 valence electrons. The third-order valence-electron chi connectivity index (χ3n) is 5.28. The smallest absolute Gasteiger partial charge is 0.0939 e. The van der Waals surface area contributed by atoms with E-state index in [1.165, 1.54) is 12.8 Å². The van der Waals surface area contributed by atoms with Gasteiger partial charge < -0.3 is 14.6 Å². The number of hydrogen-bond acceptors (Lipinski definition) is 3. The largest absolute Gasteiger partial charge is 0.393 e. The van der Waals surface area contributed by atoms with Crippen LogP contribution in [0.2, 0.25) is 0 Å². The number of ether oxygens (including phenoxy) is 2. The van der Waals surface area contributed by atoms with Gasteiger partial charge in [0.25, 0.3) is 0 Å². The van der Waals surface area contributed by atoms with E-state index in [2.05, 4.69) is 6.92 Å². The lowest BCUT2D eigenvalue weighted by Crippen LogP contribution is -2.43. The van der Waals surface area contributed by atoms with E-state index < -0.39 is 0 Å². The molecule has 0 amide bonds. The summed E-state index contributed by atoms with van der Waals surface area (Å²) < 4.78 is 11.5. The second-order valence-corrected chi connectivity index (χ2v) is 6.25. The topological polar surface area (TPSA) is 38.7 Å². The number of hydrogen-bond donors (Lipinski definition) is 1. The molecule has 0 radical (unpaired) electrons. The monoisotopic (exact) mass is 240 g/mol. The Labute approximate surface area is 103 Å². The van der Waals surface area contributed by atoms with Gasteiger partial charge in [-0.3, -0.25) is 0 Å². The van der Waals surface area contributed by atoms with E-state index in [1.807, 2.05) is 0 Å². The van der Waals surface area contributed by atoms with E-state index in [-0.39, 0.29) is 11.7 Å². The Balaban J connectivity index is 1.67. The molecule has 17 heavy (non-hydrogen) atoms. The average Bonchev–Trinajstić information content (AvgIpc) is 2.89. The fourth-order valence-corrected chi connectivity index (χ4v) is 4.13. The predicted molar refractivity (Wildman–Crippen MR) is 64.7 cm³/mol. The van der Waals surface area contributed by atoms with Crippen molar-refractivity contribution in [2.45, 2.75) is 50.7 Å².